The van der Waals surface area contributed by atoms with E-state index in [1.807, 2.05) is 41.7 Å². The molecule has 0 spiro atoms. The van der Waals surface area contributed by atoms with Gasteiger partial charge in [0.15, 0.2) is 0 Å². The Morgan fingerprint density at radius 1 is 1.26 bits per heavy atom. The monoisotopic (exact) mass is 262 g/mol. The smallest absolute Gasteiger partial charge is 0.545 e. The first-order valence-electron chi connectivity index (χ1n) is 5.68. The van der Waals surface area contributed by atoms with Gasteiger partial charge in [-0.1, -0.05) is 12.1 Å². The molecule has 19 heavy (non-hydrogen) atoms. The quantitative estimate of drug-likeness (QED) is 0.500. The zero-order valence-electron chi connectivity index (χ0n) is 11.1. The first kappa shape index (κ1) is 14.1. The Labute approximate surface area is 132 Å². The number of carboxylic acids is 1. The average molecular weight is 262 g/mol. The molecule has 0 N–H and O–H groups in total. The Morgan fingerprint density at radius 3 is 2.63 bits per heavy atom. The molecule has 90 valence electrons. The second-order valence-electron chi connectivity index (χ2n) is 4.39. The third-order valence-electron chi connectivity index (χ3n) is 3.16. The topological polar surface area (TPSA) is 57.4 Å². The van der Waals surface area contributed by atoms with E-state index in [0.717, 1.165) is 16.7 Å². The molecule has 5 heteroatoms. The van der Waals surface area contributed by atoms with Crippen molar-refractivity contribution in [2.75, 3.05) is 0 Å². The van der Waals surface area contributed by atoms with Crippen LogP contribution in [0.2, 0.25) is 0 Å². The molecular formula is C14H11N2NaO2. The summed E-state index contributed by atoms with van der Waals surface area (Å²) in [7, 11) is 0. The number of aromatic nitrogens is 2. The molecule has 4 nitrogen and oxygen atoms in total. The summed E-state index contributed by atoms with van der Waals surface area (Å²) < 4.78 is 1.85. The van der Waals surface area contributed by atoms with Gasteiger partial charge in [-0.2, -0.15) is 0 Å². The first-order valence-corrected chi connectivity index (χ1v) is 5.68. The fourth-order valence-electron chi connectivity index (χ4n) is 2.43. The number of aryl methyl sites for hydroxylation is 2. The number of carbonyl (C=O) groups is 1. The van der Waals surface area contributed by atoms with Gasteiger partial charge in [0.1, 0.15) is 5.65 Å². The maximum absolute atomic E-state index is 11.3. The van der Waals surface area contributed by atoms with Gasteiger partial charge in [0.05, 0.1) is 17.0 Å². The summed E-state index contributed by atoms with van der Waals surface area (Å²) in [6.45, 7) is 3.70. The molecule has 0 atom stereocenters. The number of hydrogen-bond acceptors (Lipinski definition) is 3. The molecule has 0 radical (unpaired) electrons. The van der Waals surface area contributed by atoms with E-state index in [4.69, 9.17) is 0 Å². The number of hydrogen-bond donors (Lipinski definition) is 0. The van der Waals surface area contributed by atoms with Crippen LogP contribution in [0.15, 0.2) is 30.3 Å². The Hall–Kier alpha value is -1.36. The Morgan fingerprint density at radius 2 is 1.95 bits per heavy atom. The number of pyridine rings is 1. The number of carboxylic acid groups (broad SMARTS) is 1. The zero-order valence-corrected chi connectivity index (χ0v) is 13.1. The number of benzene rings is 1. The van der Waals surface area contributed by atoms with Crippen LogP contribution < -0.4 is 34.7 Å². The summed E-state index contributed by atoms with van der Waals surface area (Å²) >= 11 is 0. The number of rotatable bonds is 1. The van der Waals surface area contributed by atoms with Gasteiger partial charge in [-0.15, -0.1) is 0 Å². The van der Waals surface area contributed by atoms with Gasteiger partial charge >= 0.3 is 29.6 Å². The van der Waals surface area contributed by atoms with Gasteiger partial charge in [0.25, 0.3) is 0 Å². The van der Waals surface area contributed by atoms with E-state index in [9.17, 15) is 9.90 Å². The van der Waals surface area contributed by atoms with E-state index >= 15 is 0 Å². The molecule has 0 saturated heterocycles. The minimum absolute atomic E-state index is 0. The van der Waals surface area contributed by atoms with Crippen molar-refractivity contribution < 1.29 is 39.5 Å². The van der Waals surface area contributed by atoms with Gasteiger partial charge in [-0.25, -0.2) is 4.98 Å². The van der Waals surface area contributed by atoms with Gasteiger partial charge in [-0.05, 0) is 37.6 Å². The Kier molecular flexibility index (Phi) is 3.67. The SMILES string of the molecule is Cc1cc(C)n2c(nc3ccccc32)c1C(=O)[O-].[Na+]. The van der Waals surface area contributed by atoms with Crippen molar-refractivity contribution in [3.8, 4) is 0 Å². The fraction of sp³-hybridized carbons (Fsp3) is 0.143. The number of aromatic carboxylic acids is 1. The van der Waals surface area contributed by atoms with Gasteiger partial charge in [0, 0.05) is 11.3 Å². The predicted octanol–water partition coefficient (Wildman–Crippen LogP) is -1.53. The molecule has 2 aromatic heterocycles. The predicted molar refractivity (Wildman–Crippen MR) is 66.5 cm³/mol. The van der Waals surface area contributed by atoms with Crippen molar-refractivity contribution >= 4 is 22.6 Å². The van der Waals surface area contributed by atoms with Crippen LogP contribution in [-0.4, -0.2) is 15.4 Å². The summed E-state index contributed by atoms with van der Waals surface area (Å²) in [5, 5.41) is 11.3. The second kappa shape index (κ2) is 4.96. The molecule has 0 amide bonds. The summed E-state index contributed by atoms with van der Waals surface area (Å²) in [6.07, 6.45) is 0. The van der Waals surface area contributed by atoms with Crippen LogP contribution in [-0.2, 0) is 0 Å². The third kappa shape index (κ3) is 2.06. The zero-order chi connectivity index (χ0) is 12.9. The Balaban J connectivity index is 0.00000133. The van der Waals surface area contributed by atoms with Gasteiger partial charge in [-0.3, -0.25) is 4.40 Å². The standard InChI is InChI=1S/C14H12N2O2.Na/c1-8-7-9(2)16-11-6-4-3-5-10(11)15-13(16)12(8)14(17)18;/h3-7H,1-2H3,(H,17,18);/q;+1/p-1. The van der Waals surface area contributed by atoms with Crippen molar-refractivity contribution in [1.29, 1.82) is 0 Å². The van der Waals surface area contributed by atoms with Crippen LogP contribution in [0.1, 0.15) is 21.6 Å². The van der Waals surface area contributed by atoms with Crippen LogP contribution in [0.5, 0.6) is 0 Å². The molecule has 0 unspecified atom stereocenters. The number of nitrogens with zero attached hydrogens (tertiary/aromatic N) is 2. The maximum Gasteiger partial charge on any atom is 1.00 e. The molecule has 0 saturated carbocycles. The van der Waals surface area contributed by atoms with E-state index in [2.05, 4.69) is 4.98 Å². The molecule has 3 aromatic rings. The summed E-state index contributed by atoms with van der Waals surface area (Å²) in [4.78, 5) is 15.7. The molecule has 0 aliphatic heterocycles. The van der Waals surface area contributed by atoms with Gasteiger partial charge in [0.2, 0.25) is 0 Å². The number of carbonyl (C=O) groups excluding carboxylic acids is 1. The van der Waals surface area contributed by atoms with E-state index in [1.165, 1.54) is 0 Å². The molecule has 3 rings (SSSR count). The van der Waals surface area contributed by atoms with Crippen molar-refractivity contribution in [3.63, 3.8) is 0 Å². The van der Waals surface area contributed by atoms with Crippen LogP contribution in [0.25, 0.3) is 16.7 Å². The molecule has 0 aliphatic rings. The summed E-state index contributed by atoms with van der Waals surface area (Å²) in [5.41, 5.74) is 3.95. The third-order valence-corrected chi connectivity index (χ3v) is 3.16. The molecule has 1 aromatic carbocycles. The fourth-order valence-corrected chi connectivity index (χ4v) is 2.43. The molecule has 0 bridgehead atoms. The largest absolute Gasteiger partial charge is 1.00 e. The normalized spacial score (nSPS) is 10.6. The van der Waals surface area contributed by atoms with Crippen LogP contribution in [0.3, 0.4) is 0 Å². The van der Waals surface area contributed by atoms with Crippen molar-refractivity contribution in [3.05, 3.63) is 47.2 Å². The molecule has 0 aliphatic carbocycles. The van der Waals surface area contributed by atoms with Crippen molar-refractivity contribution in [2.24, 2.45) is 0 Å². The van der Waals surface area contributed by atoms with Crippen molar-refractivity contribution in [2.45, 2.75) is 13.8 Å². The number of fused-ring (bicyclic) bond motifs is 3. The van der Waals surface area contributed by atoms with E-state index in [0.29, 0.717) is 11.2 Å². The van der Waals surface area contributed by atoms with E-state index in [-0.39, 0.29) is 35.1 Å². The molecule has 0 fully saturated rings. The van der Waals surface area contributed by atoms with E-state index in [1.54, 1.807) is 6.92 Å². The van der Waals surface area contributed by atoms with Crippen LogP contribution in [0, 0.1) is 13.8 Å². The summed E-state index contributed by atoms with van der Waals surface area (Å²) in [6, 6.07) is 9.43. The Bertz CT molecular complexity index is 793. The maximum atomic E-state index is 11.3. The molecule has 2 heterocycles. The minimum atomic E-state index is -1.19. The number of imidazole rings is 1. The second-order valence-corrected chi connectivity index (χ2v) is 4.39. The molecular weight excluding hydrogens is 251 g/mol. The van der Waals surface area contributed by atoms with E-state index < -0.39 is 5.97 Å². The number of para-hydroxylation sites is 2. The van der Waals surface area contributed by atoms with Crippen molar-refractivity contribution in [1.82, 2.24) is 9.38 Å². The van der Waals surface area contributed by atoms with Crippen LogP contribution >= 0.6 is 0 Å². The van der Waals surface area contributed by atoms with Crippen LogP contribution in [0.4, 0.5) is 0 Å². The minimum Gasteiger partial charge on any atom is -0.545 e. The average Bonchev–Trinajstić information content (AvgIpc) is 2.66. The van der Waals surface area contributed by atoms with Gasteiger partial charge < -0.3 is 9.90 Å². The summed E-state index contributed by atoms with van der Waals surface area (Å²) in [5.74, 6) is -1.19. The first-order chi connectivity index (χ1) is 8.59.